The van der Waals surface area contributed by atoms with Gasteiger partial charge in [0.05, 0.1) is 35.4 Å². The first-order valence-corrected chi connectivity index (χ1v) is 13.8. The van der Waals surface area contributed by atoms with Crippen molar-refractivity contribution in [3.05, 3.63) is 129 Å². The van der Waals surface area contributed by atoms with E-state index in [1.807, 2.05) is 55.5 Å². The molecule has 1 aliphatic heterocycles. The van der Waals surface area contributed by atoms with E-state index in [-0.39, 0.29) is 5.91 Å². The average molecular weight is 552 g/mol. The number of thioether (sulfide) groups is 1. The number of rotatable bonds is 7. The predicted octanol–water partition coefficient (Wildman–Crippen LogP) is 7.77. The fraction of sp³-hybridized carbons (Fsp3) is 0.125. The third-order valence-electron chi connectivity index (χ3n) is 6.72. The first-order chi connectivity index (χ1) is 19.0. The van der Waals surface area contributed by atoms with Crippen molar-refractivity contribution >= 4 is 45.7 Å². The molecule has 7 heteroatoms. The molecule has 5 rings (SSSR count). The summed E-state index contributed by atoms with van der Waals surface area (Å²) in [7, 11) is 1.56. The highest BCUT2D eigenvalue weighted by Crippen LogP contribution is 2.44. The zero-order valence-electron chi connectivity index (χ0n) is 21.5. The second kappa shape index (κ2) is 11.7. The van der Waals surface area contributed by atoms with Gasteiger partial charge < -0.3 is 15.4 Å². The van der Waals surface area contributed by atoms with E-state index in [0.717, 1.165) is 0 Å². The summed E-state index contributed by atoms with van der Waals surface area (Å²) in [6.07, 6.45) is 0. The Balaban J connectivity index is 1.54. The summed E-state index contributed by atoms with van der Waals surface area (Å²) in [5, 5.41) is 20.3. The summed E-state index contributed by atoms with van der Waals surface area (Å²) in [6, 6.07) is 31.5. The molecule has 0 bridgehead atoms. The minimum Gasteiger partial charge on any atom is -0.495 e. The molecule has 1 atom stereocenters. The summed E-state index contributed by atoms with van der Waals surface area (Å²) in [4.78, 5) is 13.8. The van der Waals surface area contributed by atoms with Gasteiger partial charge in [0.15, 0.2) is 0 Å². The van der Waals surface area contributed by atoms with E-state index in [1.165, 1.54) is 16.3 Å². The summed E-state index contributed by atoms with van der Waals surface area (Å²) in [5.74, 6) is 0.222. The van der Waals surface area contributed by atoms with Crippen LogP contribution in [0.25, 0.3) is 10.8 Å². The number of allylic oxidation sites excluding steroid dienone is 2. The fourth-order valence-corrected chi connectivity index (χ4v) is 6.19. The lowest BCUT2D eigenvalue weighted by atomic mass is 9.82. The number of ether oxygens (including phenoxy) is 1. The van der Waals surface area contributed by atoms with E-state index >= 15 is 0 Å². The van der Waals surface area contributed by atoms with Crippen LogP contribution in [-0.2, 0) is 10.5 Å². The number of fused-ring (bicyclic) bond motifs is 1. The van der Waals surface area contributed by atoms with Gasteiger partial charge in [-0.05, 0) is 47.0 Å². The van der Waals surface area contributed by atoms with Crippen molar-refractivity contribution in [1.29, 1.82) is 5.26 Å². The third kappa shape index (κ3) is 5.37. The van der Waals surface area contributed by atoms with Gasteiger partial charge >= 0.3 is 0 Å². The zero-order chi connectivity index (χ0) is 27.4. The zero-order valence-corrected chi connectivity index (χ0v) is 23.1. The summed E-state index contributed by atoms with van der Waals surface area (Å²) >= 11 is 8.20. The van der Waals surface area contributed by atoms with Gasteiger partial charge in [-0.15, -0.1) is 11.8 Å². The van der Waals surface area contributed by atoms with E-state index in [2.05, 4.69) is 41.0 Å². The second-order valence-electron chi connectivity index (χ2n) is 9.05. The monoisotopic (exact) mass is 551 g/mol. The molecule has 0 aromatic heterocycles. The Hall–Kier alpha value is -4.18. The standard InChI is InChI=1S/C32H26ClN3O2S/c1-20-29(31(37)36-27-16-7-8-17-28(27)38-2)30(24-14-5-6-15-26(24)33)25(18-34)32(35-20)39-19-22-12-9-11-21-10-3-4-13-23(21)22/h3-17,30,35H,19H2,1-2H3,(H,36,37)/t30-/m1/s1. The van der Waals surface area contributed by atoms with Crippen LogP contribution in [0.5, 0.6) is 5.75 Å². The number of methoxy groups -OCH3 is 1. The quantitative estimate of drug-likeness (QED) is 0.245. The maximum absolute atomic E-state index is 13.8. The number of carbonyl (C=O) groups is 1. The van der Waals surface area contributed by atoms with E-state index < -0.39 is 5.92 Å². The Bertz CT molecular complexity index is 1670. The average Bonchev–Trinajstić information content (AvgIpc) is 2.96. The molecule has 1 aliphatic rings. The van der Waals surface area contributed by atoms with Gasteiger partial charge in [-0.25, -0.2) is 0 Å². The van der Waals surface area contributed by atoms with Gasteiger partial charge in [-0.1, -0.05) is 84.4 Å². The number of nitrogens with zero attached hydrogens (tertiary/aromatic N) is 1. The lowest BCUT2D eigenvalue weighted by Gasteiger charge is -2.30. The van der Waals surface area contributed by atoms with E-state index in [0.29, 0.717) is 49.6 Å². The smallest absolute Gasteiger partial charge is 0.254 e. The van der Waals surface area contributed by atoms with Crippen molar-refractivity contribution in [3.8, 4) is 11.8 Å². The fourth-order valence-electron chi connectivity index (χ4n) is 4.85. The molecule has 5 nitrogen and oxygen atoms in total. The van der Waals surface area contributed by atoms with Gasteiger partial charge in [-0.2, -0.15) is 5.26 Å². The Morgan fingerprint density at radius 1 is 1.03 bits per heavy atom. The molecule has 0 spiro atoms. The maximum atomic E-state index is 13.8. The molecule has 1 heterocycles. The van der Waals surface area contributed by atoms with Crippen LogP contribution in [0.3, 0.4) is 0 Å². The number of carbonyl (C=O) groups excluding carboxylic acids is 1. The number of hydrogen-bond acceptors (Lipinski definition) is 5. The molecule has 2 N–H and O–H groups in total. The van der Waals surface area contributed by atoms with Gasteiger partial charge in [0.25, 0.3) is 5.91 Å². The van der Waals surface area contributed by atoms with Gasteiger partial charge in [0, 0.05) is 22.0 Å². The number of para-hydroxylation sites is 2. The molecule has 39 heavy (non-hydrogen) atoms. The normalized spacial score (nSPS) is 15.1. The first-order valence-electron chi connectivity index (χ1n) is 12.4. The van der Waals surface area contributed by atoms with Crippen molar-refractivity contribution in [3.63, 3.8) is 0 Å². The minimum absolute atomic E-state index is 0.333. The minimum atomic E-state index is -0.644. The Morgan fingerprint density at radius 2 is 1.74 bits per heavy atom. The van der Waals surface area contributed by atoms with Crippen molar-refractivity contribution < 1.29 is 9.53 Å². The number of halogens is 1. The van der Waals surface area contributed by atoms with E-state index in [1.54, 1.807) is 37.1 Å². The van der Waals surface area contributed by atoms with Crippen LogP contribution in [0.1, 0.15) is 24.0 Å². The Morgan fingerprint density at radius 3 is 2.54 bits per heavy atom. The number of benzene rings is 4. The second-order valence-corrected chi connectivity index (χ2v) is 10.4. The lowest BCUT2D eigenvalue weighted by molar-refractivity contribution is -0.113. The molecular formula is C32H26ClN3O2S. The van der Waals surface area contributed by atoms with Gasteiger partial charge in [-0.3, -0.25) is 4.79 Å². The molecule has 0 fully saturated rings. The van der Waals surface area contributed by atoms with E-state index in [4.69, 9.17) is 16.3 Å². The Labute approximate surface area is 237 Å². The number of nitriles is 1. The molecule has 0 aliphatic carbocycles. The molecule has 194 valence electrons. The van der Waals surface area contributed by atoms with Gasteiger partial charge in [0.1, 0.15) is 5.75 Å². The van der Waals surface area contributed by atoms with E-state index in [9.17, 15) is 10.1 Å². The highest BCUT2D eigenvalue weighted by Gasteiger charge is 2.36. The van der Waals surface area contributed by atoms with Crippen molar-refractivity contribution in [2.75, 3.05) is 12.4 Å². The Kier molecular flexibility index (Phi) is 7.92. The van der Waals surface area contributed by atoms with Crippen molar-refractivity contribution in [2.45, 2.75) is 18.6 Å². The topological polar surface area (TPSA) is 74.2 Å². The highest BCUT2D eigenvalue weighted by molar-refractivity contribution is 8.02. The molecule has 0 radical (unpaired) electrons. The lowest BCUT2D eigenvalue weighted by Crippen LogP contribution is -2.31. The molecule has 0 saturated carbocycles. The van der Waals surface area contributed by atoms with Crippen LogP contribution in [0.2, 0.25) is 5.02 Å². The van der Waals surface area contributed by atoms with Crippen molar-refractivity contribution in [1.82, 2.24) is 5.32 Å². The molecule has 4 aromatic carbocycles. The SMILES string of the molecule is COc1ccccc1NC(=O)C1=C(C)NC(SCc2cccc3ccccc23)=C(C#N)[C@H]1c1ccccc1Cl. The predicted molar refractivity (Wildman–Crippen MR) is 160 cm³/mol. The van der Waals surface area contributed by atoms with Crippen LogP contribution in [0.4, 0.5) is 5.69 Å². The molecule has 0 saturated heterocycles. The first kappa shape index (κ1) is 26.4. The van der Waals surface area contributed by atoms with Gasteiger partial charge in [0.2, 0.25) is 0 Å². The molecular weight excluding hydrogens is 526 g/mol. The summed E-state index contributed by atoms with van der Waals surface area (Å²) < 4.78 is 5.42. The van der Waals surface area contributed by atoms with Crippen molar-refractivity contribution in [2.24, 2.45) is 0 Å². The number of anilines is 1. The number of dihydropyridines is 1. The van der Waals surface area contributed by atoms with Crippen LogP contribution in [-0.4, -0.2) is 13.0 Å². The number of nitrogens with one attached hydrogen (secondary N) is 2. The summed E-state index contributed by atoms with van der Waals surface area (Å²) in [5.41, 5.74) is 3.95. The molecule has 0 unspecified atom stereocenters. The van der Waals surface area contributed by atoms with Crippen LogP contribution in [0.15, 0.2) is 113 Å². The highest BCUT2D eigenvalue weighted by atomic mass is 35.5. The van der Waals surface area contributed by atoms with Crippen LogP contribution in [0, 0.1) is 11.3 Å². The summed E-state index contributed by atoms with van der Waals surface area (Å²) in [6.45, 7) is 1.85. The number of amides is 1. The molecule has 1 amide bonds. The third-order valence-corrected chi connectivity index (χ3v) is 8.13. The largest absolute Gasteiger partial charge is 0.495 e. The van der Waals surface area contributed by atoms with Crippen LogP contribution >= 0.6 is 23.4 Å². The number of hydrogen-bond donors (Lipinski definition) is 2. The molecule has 4 aromatic rings. The maximum Gasteiger partial charge on any atom is 0.254 e. The van der Waals surface area contributed by atoms with Crippen LogP contribution < -0.4 is 15.4 Å².